The fraction of sp³-hybridized carbons (Fsp3) is 0.455. The van der Waals surface area contributed by atoms with Crippen LogP contribution in [0.4, 0.5) is 0 Å². The zero-order valence-electron chi connectivity index (χ0n) is 8.97. The quantitative estimate of drug-likeness (QED) is 0.872. The summed E-state index contributed by atoms with van der Waals surface area (Å²) in [6.07, 6.45) is 1.12. The molecule has 0 aliphatic heterocycles. The Labute approximate surface area is 97.5 Å². The van der Waals surface area contributed by atoms with E-state index in [0.717, 1.165) is 0 Å². The molecule has 16 heavy (non-hydrogen) atoms. The molecule has 1 N–H and O–H groups in total. The van der Waals surface area contributed by atoms with Crippen LogP contribution in [0.1, 0.15) is 30.1 Å². The van der Waals surface area contributed by atoms with E-state index in [1.807, 2.05) is 12.3 Å². The minimum atomic E-state index is -0.937. The molecule has 1 amide bonds. The second-order valence-corrected chi connectivity index (χ2v) is 4.68. The van der Waals surface area contributed by atoms with Crippen LogP contribution in [-0.4, -0.2) is 34.0 Å². The first-order valence-electron chi connectivity index (χ1n) is 5.19. The molecule has 1 aromatic heterocycles. The van der Waals surface area contributed by atoms with E-state index in [2.05, 4.69) is 0 Å². The highest BCUT2D eigenvalue weighted by Gasteiger charge is 2.56. The van der Waals surface area contributed by atoms with Crippen LogP contribution in [0.15, 0.2) is 16.8 Å². The first kappa shape index (κ1) is 11.1. The van der Waals surface area contributed by atoms with Crippen LogP contribution in [0.2, 0.25) is 0 Å². The molecular weight excluding hydrogens is 226 g/mol. The number of nitrogens with zero attached hydrogens (tertiary/aromatic N) is 1. The number of likely N-dealkylation sites (N-methyl/N-ethyl adjacent to an activating group) is 1. The maximum atomic E-state index is 12.1. The van der Waals surface area contributed by atoms with E-state index in [-0.39, 0.29) is 5.91 Å². The summed E-state index contributed by atoms with van der Waals surface area (Å²) < 4.78 is 0. The first-order valence-corrected chi connectivity index (χ1v) is 6.13. The number of aliphatic carboxylic acids is 1. The summed E-state index contributed by atoms with van der Waals surface area (Å²) >= 11 is 1.44. The van der Waals surface area contributed by atoms with Crippen LogP contribution in [0.25, 0.3) is 0 Å². The molecule has 86 valence electrons. The van der Waals surface area contributed by atoms with Gasteiger partial charge in [-0.15, -0.1) is 0 Å². The van der Waals surface area contributed by atoms with Gasteiger partial charge < -0.3 is 10.0 Å². The van der Waals surface area contributed by atoms with Crippen molar-refractivity contribution in [2.75, 3.05) is 6.54 Å². The minimum Gasteiger partial charge on any atom is -0.479 e. The Morgan fingerprint density at radius 3 is 2.62 bits per heavy atom. The van der Waals surface area contributed by atoms with Crippen molar-refractivity contribution in [1.29, 1.82) is 0 Å². The lowest BCUT2D eigenvalue weighted by Gasteiger charge is -2.27. The van der Waals surface area contributed by atoms with Gasteiger partial charge in [0.05, 0.1) is 5.56 Å². The van der Waals surface area contributed by atoms with Crippen LogP contribution < -0.4 is 0 Å². The molecular formula is C11H13NO3S. The average molecular weight is 239 g/mol. The SMILES string of the molecule is CCN(C(=O)c1ccsc1)C1(C(=O)O)CC1. The number of carboxylic acids is 1. The highest BCUT2D eigenvalue weighted by molar-refractivity contribution is 7.08. The van der Waals surface area contributed by atoms with Crippen LogP contribution >= 0.6 is 11.3 Å². The van der Waals surface area contributed by atoms with Crippen molar-refractivity contribution in [3.8, 4) is 0 Å². The number of hydrogen-bond acceptors (Lipinski definition) is 3. The Balaban J connectivity index is 2.24. The third kappa shape index (κ3) is 1.61. The predicted molar refractivity (Wildman–Crippen MR) is 60.6 cm³/mol. The summed E-state index contributed by atoms with van der Waals surface area (Å²) in [7, 11) is 0. The zero-order chi connectivity index (χ0) is 11.8. The van der Waals surface area contributed by atoms with Gasteiger partial charge in [-0.25, -0.2) is 4.79 Å². The number of amides is 1. The van der Waals surface area contributed by atoms with Crippen molar-refractivity contribution in [2.45, 2.75) is 25.3 Å². The molecule has 0 bridgehead atoms. The maximum Gasteiger partial charge on any atom is 0.329 e. The van der Waals surface area contributed by atoms with Crippen molar-refractivity contribution < 1.29 is 14.7 Å². The van der Waals surface area contributed by atoms with Gasteiger partial charge in [-0.05, 0) is 31.2 Å². The van der Waals surface area contributed by atoms with Gasteiger partial charge in [-0.2, -0.15) is 11.3 Å². The number of hydrogen-bond donors (Lipinski definition) is 1. The minimum absolute atomic E-state index is 0.177. The molecule has 1 aliphatic rings. The maximum absolute atomic E-state index is 12.1. The van der Waals surface area contributed by atoms with Crippen LogP contribution in [0.3, 0.4) is 0 Å². The smallest absolute Gasteiger partial charge is 0.329 e. The highest BCUT2D eigenvalue weighted by Crippen LogP contribution is 2.42. The van der Waals surface area contributed by atoms with E-state index in [9.17, 15) is 9.59 Å². The van der Waals surface area contributed by atoms with Gasteiger partial charge in [0.15, 0.2) is 0 Å². The molecule has 1 saturated carbocycles. The molecule has 1 fully saturated rings. The van der Waals surface area contributed by atoms with Crippen molar-refractivity contribution in [2.24, 2.45) is 0 Å². The fourth-order valence-corrected chi connectivity index (χ4v) is 2.53. The van der Waals surface area contributed by atoms with Gasteiger partial charge in [-0.3, -0.25) is 4.79 Å². The van der Waals surface area contributed by atoms with E-state index in [4.69, 9.17) is 5.11 Å². The van der Waals surface area contributed by atoms with E-state index < -0.39 is 11.5 Å². The number of rotatable bonds is 4. The van der Waals surface area contributed by atoms with Gasteiger partial charge in [0.2, 0.25) is 0 Å². The number of carbonyl (C=O) groups excluding carboxylic acids is 1. The number of carboxylic acid groups (broad SMARTS) is 1. The summed E-state index contributed by atoms with van der Waals surface area (Å²) in [5, 5.41) is 12.7. The van der Waals surface area contributed by atoms with Crippen LogP contribution in [0.5, 0.6) is 0 Å². The zero-order valence-corrected chi connectivity index (χ0v) is 9.79. The molecule has 5 heteroatoms. The molecule has 0 atom stereocenters. The second kappa shape index (κ2) is 3.90. The molecule has 1 aliphatic carbocycles. The standard InChI is InChI=1S/C11H13NO3S/c1-2-12(11(4-5-11)10(14)15)9(13)8-3-6-16-7-8/h3,6-7H,2,4-5H2,1H3,(H,14,15). The van der Waals surface area contributed by atoms with Gasteiger partial charge in [0.1, 0.15) is 5.54 Å². The Kier molecular flexibility index (Phi) is 2.71. The molecule has 1 heterocycles. The van der Waals surface area contributed by atoms with Gasteiger partial charge in [0, 0.05) is 11.9 Å². The summed E-state index contributed by atoms with van der Waals surface area (Å²) in [4.78, 5) is 24.7. The largest absolute Gasteiger partial charge is 0.479 e. The summed E-state index contributed by atoms with van der Waals surface area (Å²) in [5.74, 6) is -1.07. The summed E-state index contributed by atoms with van der Waals surface area (Å²) in [6.45, 7) is 2.24. The number of thiophene rings is 1. The normalized spacial score (nSPS) is 16.8. The Morgan fingerprint density at radius 2 is 2.25 bits per heavy atom. The lowest BCUT2D eigenvalue weighted by Crippen LogP contribution is -2.47. The second-order valence-electron chi connectivity index (χ2n) is 3.90. The molecule has 2 rings (SSSR count). The Hall–Kier alpha value is -1.36. The molecule has 4 nitrogen and oxygen atoms in total. The van der Waals surface area contributed by atoms with E-state index in [0.29, 0.717) is 24.9 Å². The van der Waals surface area contributed by atoms with E-state index >= 15 is 0 Å². The molecule has 1 aromatic rings. The van der Waals surface area contributed by atoms with E-state index in [1.54, 1.807) is 11.4 Å². The van der Waals surface area contributed by atoms with Gasteiger partial charge in [0.25, 0.3) is 5.91 Å². The van der Waals surface area contributed by atoms with Crippen LogP contribution in [-0.2, 0) is 4.79 Å². The van der Waals surface area contributed by atoms with Crippen molar-refractivity contribution in [3.05, 3.63) is 22.4 Å². The van der Waals surface area contributed by atoms with Crippen LogP contribution in [0, 0.1) is 0 Å². The third-order valence-corrected chi connectivity index (χ3v) is 3.65. The summed E-state index contributed by atoms with van der Waals surface area (Å²) in [5.41, 5.74) is -0.354. The first-order chi connectivity index (χ1) is 7.62. The molecule has 0 spiro atoms. The van der Waals surface area contributed by atoms with Gasteiger partial charge in [-0.1, -0.05) is 0 Å². The molecule has 0 aromatic carbocycles. The average Bonchev–Trinajstić information content (AvgIpc) is 2.88. The van der Waals surface area contributed by atoms with Crippen molar-refractivity contribution in [1.82, 2.24) is 4.90 Å². The molecule has 0 radical (unpaired) electrons. The van der Waals surface area contributed by atoms with E-state index in [1.165, 1.54) is 16.2 Å². The Bertz CT molecular complexity index is 409. The van der Waals surface area contributed by atoms with Crippen molar-refractivity contribution >= 4 is 23.2 Å². The predicted octanol–water partition coefficient (Wildman–Crippen LogP) is 1.83. The van der Waals surface area contributed by atoms with Gasteiger partial charge >= 0.3 is 5.97 Å². The molecule has 0 unspecified atom stereocenters. The third-order valence-electron chi connectivity index (χ3n) is 2.97. The molecule has 0 saturated heterocycles. The highest BCUT2D eigenvalue weighted by atomic mass is 32.1. The van der Waals surface area contributed by atoms with Crippen molar-refractivity contribution in [3.63, 3.8) is 0 Å². The lowest BCUT2D eigenvalue weighted by molar-refractivity contribution is -0.144. The Morgan fingerprint density at radius 1 is 1.56 bits per heavy atom. The fourth-order valence-electron chi connectivity index (χ4n) is 1.90. The lowest BCUT2D eigenvalue weighted by atomic mass is 10.2. The summed E-state index contributed by atoms with van der Waals surface area (Å²) in [6, 6.07) is 1.73. The monoisotopic (exact) mass is 239 g/mol. The topological polar surface area (TPSA) is 57.6 Å². The number of carbonyl (C=O) groups is 2.